The molecule has 41 heavy (non-hydrogen) atoms. The minimum Gasteiger partial charge on any atom is -0.408 e. The Bertz CT molecular complexity index is 1670. The Kier molecular flexibility index (Phi) is 6.36. The maximum absolute atomic E-state index is 14.0. The smallest absolute Gasteiger partial charge is 0.408 e. The van der Waals surface area contributed by atoms with E-state index in [4.69, 9.17) is 4.42 Å². The van der Waals surface area contributed by atoms with E-state index in [0.29, 0.717) is 63.1 Å². The molecule has 0 unspecified atom stereocenters. The van der Waals surface area contributed by atoms with Gasteiger partial charge in [0, 0.05) is 86.6 Å². The summed E-state index contributed by atoms with van der Waals surface area (Å²) in [4.78, 5) is 39.6. The molecule has 0 aliphatic carbocycles. The maximum Gasteiger partial charge on any atom is 0.417 e. The molecule has 1 amide bonds. The molecule has 0 bridgehead atoms. The average Bonchev–Trinajstić information content (AvgIpc) is 3.26. The number of oxazole rings is 1. The minimum absolute atomic E-state index is 0.0509. The molecule has 2 N–H and O–H groups in total. The summed E-state index contributed by atoms with van der Waals surface area (Å²) in [5.41, 5.74) is 1.98. The summed E-state index contributed by atoms with van der Waals surface area (Å²) in [6, 6.07) is 8.06. The first-order valence-electron chi connectivity index (χ1n) is 13.0. The molecule has 2 aliphatic heterocycles. The van der Waals surface area contributed by atoms with Crippen LogP contribution in [-0.2, 0) is 24.8 Å². The molecule has 0 atom stereocenters. The van der Waals surface area contributed by atoms with Gasteiger partial charge in [0.1, 0.15) is 0 Å². The van der Waals surface area contributed by atoms with Crippen LogP contribution in [0.15, 0.2) is 51.8 Å². The molecule has 9 nitrogen and oxygen atoms in total. The Labute approximate surface area is 231 Å². The average molecular weight is 571 g/mol. The van der Waals surface area contributed by atoms with E-state index in [0.717, 1.165) is 29.5 Å². The third-order valence-corrected chi connectivity index (χ3v) is 7.50. The number of rotatable bonds is 6. The number of nitrogens with zero attached hydrogens (tertiary/aromatic N) is 4. The Balaban J connectivity index is 1.10. The normalized spacial score (nSPS) is 16.5. The second-order valence-corrected chi connectivity index (χ2v) is 10.7. The van der Waals surface area contributed by atoms with Gasteiger partial charge in [-0.1, -0.05) is 0 Å². The zero-order chi connectivity index (χ0) is 29.1. The van der Waals surface area contributed by atoms with E-state index in [-0.39, 0.29) is 23.6 Å². The quantitative estimate of drug-likeness (QED) is 0.322. The van der Waals surface area contributed by atoms with Crippen LogP contribution in [0.1, 0.15) is 46.6 Å². The Morgan fingerprint density at radius 1 is 1.07 bits per heavy atom. The van der Waals surface area contributed by atoms with E-state index in [9.17, 15) is 27.2 Å². The van der Waals surface area contributed by atoms with E-state index >= 15 is 0 Å². The highest BCUT2D eigenvalue weighted by molar-refractivity contribution is 5.97. The van der Waals surface area contributed by atoms with E-state index in [1.165, 1.54) is 0 Å². The summed E-state index contributed by atoms with van der Waals surface area (Å²) in [5, 5.41) is 2.81. The molecule has 1 fully saturated rings. The predicted octanol–water partition coefficient (Wildman–Crippen LogP) is 4.76. The Hall–Kier alpha value is -4.26. The van der Waals surface area contributed by atoms with Gasteiger partial charge < -0.3 is 14.6 Å². The Morgan fingerprint density at radius 2 is 1.78 bits per heavy atom. The van der Waals surface area contributed by atoms with E-state index in [1.807, 2.05) is 0 Å². The second kappa shape index (κ2) is 9.68. The van der Waals surface area contributed by atoms with Gasteiger partial charge in [-0.05, 0) is 36.4 Å². The van der Waals surface area contributed by atoms with Crippen LogP contribution in [0.2, 0.25) is 0 Å². The van der Waals surface area contributed by atoms with E-state index in [1.54, 1.807) is 29.3 Å². The molecule has 0 spiro atoms. The lowest BCUT2D eigenvalue weighted by Crippen LogP contribution is -2.61. The molecule has 2 aliphatic rings. The number of benzene rings is 2. The van der Waals surface area contributed by atoms with Crippen molar-refractivity contribution >= 4 is 28.6 Å². The van der Waals surface area contributed by atoms with Crippen molar-refractivity contribution in [2.45, 2.75) is 44.7 Å². The molecule has 4 heterocycles. The molecule has 0 radical (unpaired) electrons. The molecule has 2 aromatic heterocycles. The van der Waals surface area contributed by atoms with Crippen molar-refractivity contribution in [1.82, 2.24) is 24.8 Å². The van der Waals surface area contributed by atoms with Gasteiger partial charge in [-0.15, -0.1) is 0 Å². The number of likely N-dealkylation sites (tertiary alicyclic amines) is 1. The van der Waals surface area contributed by atoms with Crippen molar-refractivity contribution in [1.29, 1.82) is 0 Å². The fraction of sp³-hybridized carbons (Fsp3) is 0.357. The van der Waals surface area contributed by atoms with Crippen LogP contribution in [0.25, 0.3) is 11.1 Å². The molecule has 6 rings (SSSR count). The summed E-state index contributed by atoms with van der Waals surface area (Å²) < 4.78 is 60.9. The van der Waals surface area contributed by atoms with Gasteiger partial charge in [0.25, 0.3) is 17.8 Å². The van der Waals surface area contributed by atoms with Crippen LogP contribution in [0.3, 0.4) is 0 Å². The number of aromatic amines is 1. The van der Waals surface area contributed by atoms with Gasteiger partial charge in [-0.3, -0.25) is 14.7 Å². The first-order chi connectivity index (χ1) is 19.3. The van der Waals surface area contributed by atoms with Gasteiger partial charge in [0.05, 0.1) is 11.2 Å². The summed E-state index contributed by atoms with van der Waals surface area (Å²) >= 11 is 0. The van der Waals surface area contributed by atoms with E-state index in [2.05, 4.69) is 25.2 Å². The number of amides is 1. The van der Waals surface area contributed by atoms with Crippen molar-refractivity contribution in [3.63, 3.8) is 0 Å². The summed E-state index contributed by atoms with van der Waals surface area (Å²) in [6.07, 6.45) is 2.25. The van der Waals surface area contributed by atoms with Crippen molar-refractivity contribution in [2.24, 2.45) is 0 Å². The third kappa shape index (κ3) is 5.41. The van der Waals surface area contributed by atoms with E-state index < -0.39 is 28.7 Å². The molecule has 2 aromatic carbocycles. The second-order valence-electron chi connectivity index (χ2n) is 10.7. The molecule has 0 saturated carbocycles. The van der Waals surface area contributed by atoms with Gasteiger partial charge in [-0.2, -0.15) is 0 Å². The highest BCUT2D eigenvalue weighted by atomic mass is 19.3. The number of hydrogen-bond acceptors (Lipinski definition) is 7. The highest BCUT2D eigenvalue weighted by Gasteiger charge is 2.37. The molecule has 13 heteroatoms. The minimum atomic E-state index is -3.30. The zero-order valence-corrected chi connectivity index (χ0v) is 22.2. The van der Waals surface area contributed by atoms with Crippen LogP contribution in [0, 0.1) is 0 Å². The van der Waals surface area contributed by atoms with Crippen LogP contribution < -0.4 is 11.1 Å². The SMILES string of the molecule is CC(F)(F)c1cc(Nc2ncc3c(n2)CCN(C2CN(C(=O)c4ccc5[nH]c(=O)oc5c4)C2)C3)cc(C(C)(F)F)c1. The number of carbonyl (C=O) groups excluding carboxylic acids is 1. The van der Waals surface area contributed by atoms with Crippen molar-refractivity contribution in [3.05, 3.63) is 81.1 Å². The van der Waals surface area contributed by atoms with Crippen LogP contribution >= 0.6 is 0 Å². The third-order valence-electron chi connectivity index (χ3n) is 7.50. The summed E-state index contributed by atoms with van der Waals surface area (Å²) in [7, 11) is 0. The van der Waals surface area contributed by atoms with Crippen LogP contribution in [-0.4, -0.2) is 56.3 Å². The number of H-pyrrole nitrogens is 1. The highest BCUT2D eigenvalue weighted by Crippen LogP contribution is 2.36. The van der Waals surface area contributed by atoms with Gasteiger partial charge >= 0.3 is 5.76 Å². The fourth-order valence-electron chi connectivity index (χ4n) is 5.16. The number of carbonyl (C=O) groups is 1. The first-order valence-corrected chi connectivity index (χ1v) is 13.0. The summed E-state index contributed by atoms with van der Waals surface area (Å²) in [6.45, 7) is 3.68. The number of hydrogen-bond donors (Lipinski definition) is 2. The molecule has 1 saturated heterocycles. The lowest BCUT2D eigenvalue weighted by Gasteiger charge is -2.46. The lowest BCUT2D eigenvalue weighted by molar-refractivity contribution is 0.0106. The number of aromatic nitrogens is 3. The van der Waals surface area contributed by atoms with Crippen molar-refractivity contribution < 1.29 is 26.8 Å². The topological polar surface area (TPSA) is 107 Å². The first kappa shape index (κ1) is 26.9. The van der Waals surface area contributed by atoms with Gasteiger partial charge in [-0.25, -0.2) is 32.3 Å². The van der Waals surface area contributed by atoms with Gasteiger partial charge in [0.15, 0.2) is 5.58 Å². The Morgan fingerprint density at radius 3 is 2.46 bits per heavy atom. The number of alkyl halides is 4. The number of fused-ring (bicyclic) bond motifs is 2. The number of nitrogens with one attached hydrogen (secondary N) is 2. The number of halogens is 4. The number of anilines is 2. The largest absolute Gasteiger partial charge is 0.417 e. The van der Waals surface area contributed by atoms with Crippen molar-refractivity contribution in [3.8, 4) is 0 Å². The maximum atomic E-state index is 14.0. The molecular formula is C28H26F4N6O3. The molecular weight excluding hydrogens is 544 g/mol. The van der Waals surface area contributed by atoms with Gasteiger partial charge in [0.2, 0.25) is 5.95 Å². The summed E-state index contributed by atoms with van der Waals surface area (Å²) in [5.74, 6) is -7.18. The zero-order valence-electron chi connectivity index (χ0n) is 22.2. The molecule has 4 aromatic rings. The lowest BCUT2D eigenvalue weighted by atomic mass is 10.00. The standard InChI is InChI=1S/C28H26F4N6O3/c1-27(29,30)17-8-18(28(2,31)32)10-19(9-17)34-25-33-11-16-12-37(6-5-21(16)35-25)20-13-38(14-20)24(39)15-3-4-22-23(7-15)41-26(40)36-22/h3-4,7-11,20H,5-6,12-14H2,1-2H3,(H,36,40)(H,33,34,35). The fourth-order valence-corrected chi connectivity index (χ4v) is 5.16. The van der Waals surface area contributed by atoms with Crippen LogP contribution in [0.5, 0.6) is 0 Å². The molecule has 214 valence electrons. The predicted molar refractivity (Wildman–Crippen MR) is 142 cm³/mol. The monoisotopic (exact) mass is 570 g/mol. The van der Waals surface area contributed by atoms with Crippen molar-refractivity contribution in [2.75, 3.05) is 25.0 Å². The van der Waals surface area contributed by atoms with Crippen LogP contribution in [0.4, 0.5) is 29.2 Å².